The predicted molar refractivity (Wildman–Crippen MR) is 52.8 cm³/mol. The van der Waals surface area contributed by atoms with Crippen LogP contribution in [-0.4, -0.2) is 16.3 Å². The molecule has 2 atom stereocenters. The number of benzene rings is 1. The zero-order valence-electron chi connectivity index (χ0n) is 7.61. The van der Waals surface area contributed by atoms with Crippen LogP contribution in [0.15, 0.2) is 18.2 Å². The van der Waals surface area contributed by atoms with Gasteiger partial charge in [0, 0.05) is 5.02 Å². The van der Waals surface area contributed by atoms with Crippen LogP contribution in [0.2, 0.25) is 5.02 Å². The van der Waals surface area contributed by atoms with Gasteiger partial charge in [0.05, 0.1) is 6.07 Å². The zero-order valence-corrected chi connectivity index (χ0v) is 8.36. The van der Waals surface area contributed by atoms with Gasteiger partial charge in [-0.05, 0) is 24.1 Å². The Morgan fingerprint density at radius 3 is 2.64 bits per heavy atom. The molecular formula is C10H10ClNO2. The number of nitriles is 1. The van der Waals surface area contributed by atoms with Crippen LogP contribution in [-0.2, 0) is 0 Å². The highest BCUT2D eigenvalue weighted by Gasteiger charge is 2.19. The summed E-state index contributed by atoms with van der Waals surface area (Å²) < 4.78 is 0. The van der Waals surface area contributed by atoms with Gasteiger partial charge in [-0.2, -0.15) is 5.26 Å². The van der Waals surface area contributed by atoms with E-state index in [1.807, 2.05) is 0 Å². The minimum Gasteiger partial charge on any atom is -0.385 e. The number of rotatable bonds is 2. The van der Waals surface area contributed by atoms with Gasteiger partial charge in [0.1, 0.15) is 6.10 Å². The zero-order chi connectivity index (χ0) is 10.7. The van der Waals surface area contributed by atoms with Crippen LogP contribution < -0.4 is 0 Å². The van der Waals surface area contributed by atoms with Gasteiger partial charge in [-0.15, -0.1) is 0 Å². The van der Waals surface area contributed by atoms with Gasteiger partial charge in [0.2, 0.25) is 0 Å². The third kappa shape index (κ3) is 2.05. The average molecular weight is 212 g/mol. The van der Waals surface area contributed by atoms with Gasteiger partial charge in [0.15, 0.2) is 6.10 Å². The van der Waals surface area contributed by atoms with E-state index in [-0.39, 0.29) is 0 Å². The molecule has 0 saturated carbocycles. The second-order valence-corrected chi connectivity index (χ2v) is 3.38. The Morgan fingerprint density at radius 2 is 2.07 bits per heavy atom. The maximum absolute atomic E-state index is 9.56. The lowest BCUT2D eigenvalue weighted by Crippen LogP contribution is -2.16. The van der Waals surface area contributed by atoms with Gasteiger partial charge in [-0.1, -0.05) is 23.7 Å². The summed E-state index contributed by atoms with van der Waals surface area (Å²) in [5.74, 6) is 0. The van der Waals surface area contributed by atoms with E-state index in [1.165, 1.54) is 0 Å². The number of hydrogen-bond donors (Lipinski definition) is 2. The molecule has 4 heteroatoms. The van der Waals surface area contributed by atoms with Crippen molar-refractivity contribution in [2.75, 3.05) is 0 Å². The van der Waals surface area contributed by atoms with Gasteiger partial charge in [-0.25, -0.2) is 0 Å². The molecule has 2 unspecified atom stereocenters. The summed E-state index contributed by atoms with van der Waals surface area (Å²) in [6, 6.07) is 6.55. The van der Waals surface area contributed by atoms with Crippen LogP contribution in [0.1, 0.15) is 17.2 Å². The van der Waals surface area contributed by atoms with E-state index in [1.54, 1.807) is 31.2 Å². The van der Waals surface area contributed by atoms with Gasteiger partial charge < -0.3 is 10.2 Å². The lowest BCUT2D eigenvalue weighted by Gasteiger charge is -2.15. The van der Waals surface area contributed by atoms with E-state index < -0.39 is 12.2 Å². The Balaban J connectivity index is 3.08. The van der Waals surface area contributed by atoms with E-state index in [0.29, 0.717) is 16.1 Å². The summed E-state index contributed by atoms with van der Waals surface area (Å²) in [5, 5.41) is 27.6. The molecule has 0 aliphatic carbocycles. The third-order valence-electron chi connectivity index (χ3n) is 2.06. The molecule has 0 fully saturated rings. The van der Waals surface area contributed by atoms with E-state index in [4.69, 9.17) is 22.0 Å². The van der Waals surface area contributed by atoms with Crippen LogP contribution in [0.5, 0.6) is 0 Å². The topological polar surface area (TPSA) is 64.2 Å². The van der Waals surface area contributed by atoms with E-state index >= 15 is 0 Å². The van der Waals surface area contributed by atoms with Crippen molar-refractivity contribution in [1.82, 2.24) is 0 Å². The first-order valence-electron chi connectivity index (χ1n) is 4.08. The highest BCUT2D eigenvalue weighted by Crippen LogP contribution is 2.25. The average Bonchev–Trinajstić information content (AvgIpc) is 2.20. The highest BCUT2D eigenvalue weighted by molar-refractivity contribution is 6.31. The molecule has 3 nitrogen and oxygen atoms in total. The lowest BCUT2D eigenvalue weighted by molar-refractivity contribution is 0.0524. The molecule has 14 heavy (non-hydrogen) atoms. The molecule has 0 heterocycles. The Kier molecular flexibility index (Phi) is 3.48. The maximum atomic E-state index is 9.56. The monoisotopic (exact) mass is 211 g/mol. The van der Waals surface area contributed by atoms with Crippen molar-refractivity contribution in [3.8, 4) is 6.07 Å². The standard InChI is InChI=1S/C10H10ClNO2/c1-6-7(3-2-4-8(6)11)10(14)9(13)5-12/h2-4,9-10,13-14H,1H3. The van der Waals surface area contributed by atoms with Crippen molar-refractivity contribution >= 4 is 11.6 Å². The fourth-order valence-electron chi connectivity index (χ4n) is 1.19. The van der Waals surface area contributed by atoms with Crippen molar-refractivity contribution in [3.63, 3.8) is 0 Å². The molecule has 0 bridgehead atoms. The molecule has 1 aromatic rings. The van der Waals surface area contributed by atoms with Crippen LogP contribution in [0.25, 0.3) is 0 Å². The minimum absolute atomic E-state index is 0.478. The Morgan fingerprint density at radius 1 is 1.43 bits per heavy atom. The van der Waals surface area contributed by atoms with E-state index in [9.17, 15) is 5.11 Å². The van der Waals surface area contributed by atoms with Crippen molar-refractivity contribution < 1.29 is 10.2 Å². The Labute approximate surface area is 87.2 Å². The molecule has 1 rings (SSSR count). The molecular weight excluding hydrogens is 202 g/mol. The molecule has 0 saturated heterocycles. The van der Waals surface area contributed by atoms with Crippen molar-refractivity contribution in [1.29, 1.82) is 5.26 Å². The summed E-state index contributed by atoms with van der Waals surface area (Å²) >= 11 is 5.83. The SMILES string of the molecule is Cc1c(Cl)cccc1C(O)C(O)C#N. The van der Waals surface area contributed by atoms with Crippen LogP contribution in [0.4, 0.5) is 0 Å². The summed E-state index contributed by atoms with van der Waals surface area (Å²) in [4.78, 5) is 0. The molecule has 0 radical (unpaired) electrons. The molecule has 0 amide bonds. The van der Waals surface area contributed by atoms with Crippen LogP contribution >= 0.6 is 11.6 Å². The van der Waals surface area contributed by atoms with Crippen molar-refractivity contribution in [3.05, 3.63) is 34.3 Å². The quantitative estimate of drug-likeness (QED) is 0.730. The second-order valence-electron chi connectivity index (χ2n) is 2.97. The highest BCUT2D eigenvalue weighted by atomic mass is 35.5. The molecule has 1 aromatic carbocycles. The predicted octanol–water partition coefficient (Wildman–Crippen LogP) is 1.57. The summed E-state index contributed by atoms with van der Waals surface area (Å²) in [6.07, 6.45) is -2.63. The number of aliphatic hydroxyl groups excluding tert-OH is 2. The normalized spacial score (nSPS) is 14.5. The lowest BCUT2D eigenvalue weighted by atomic mass is 10.0. The summed E-state index contributed by atoms with van der Waals surface area (Å²) in [6.45, 7) is 1.73. The Hall–Kier alpha value is -1.08. The van der Waals surface area contributed by atoms with Crippen molar-refractivity contribution in [2.45, 2.75) is 19.1 Å². The molecule has 0 aromatic heterocycles. The first kappa shape index (κ1) is 11.0. The molecule has 2 N–H and O–H groups in total. The van der Waals surface area contributed by atoms with Gasteiger partial charge in [0.25, 0.3) is 0 Å². The Bertz CT molecular complexity index is 373. The smallest absolute Gasteiger partial charge is 0.170 e. The van der Waals surface area contributed by atoms with E-state index in [0.717, 1.165) is 0 Å². The molecule has 0 spiro atoms. The second kappa shape index (κ2) is 4.43. The fraction of sp³-hybridized carbons (Fsp3) is 0.300. The van der Waals surface area contributed by atoms with E-state index in [2.05, 4.69) is 0 Å². The summed E-state index contributed by atoms with van der Waals surface area (Å²) in [5.41, 5.74) is 1.16. The van der Waals surface area contributed by atoms with Crippen LogP contribution in [0, 0.1) is 18.3 Å². The minimum atomic E-state index is -1.42. The molecule has 0 aliphatic heterocycles. The molecule has 0 aliphatic rings. The molecule has 74 valence electrons. The van der Waals surface area contributed by atoms with Crippen LogP contribution in [0.3, 0.4) is 0 Å². The first-order valence-corrected chi connectivity index (χ1v) is 4.46. The third-order valence-corrected chi connectivity index (χ3v) is 2.47. The van der Waals surface area contributed by atoms with Crippen molar-refractivity contribution in [2.24, 2.45) is 0 Å². The van der Waals surface area contributed by atoms with Gasteiger partial charge >= 0.3 is 0 Å². The summed E-state index contributed by atoms with van der Waals surface area (Å²) in [7, 11) is 0. The maximum Gasteiger partial charge on any atom is 0.170 e. The largest absolute Gasteiger partial charge is 0.385 e. The van der Waals surface area contributed by atoms with Gasteiger partial charge in [-0.3, -0.25) is 0 Å². The number of halogens is 1. The fourth-order valence-corrected chi connectivity index (χ4v) is 1.37. The number of aliphatic hydroxyl groups is 2. The number of hydrogen-bond acceptors (Lipinski definition) is 3. The first-order chi connectivity index (χ1) is 6.57. The number of nitrogens with zero attached hydrogens (tertiary/aromatic N) is 1.